The molecule has 2 aliphatic heterocycles. The summed E-state index contributed by atoms with van der Waals surface area (Å²) in [6.45, 7) is 6.29. The summed E-state index contributed by atoms with van der Waals surface area (Å²) in [4.78, 5) is 20.8. The molecule has 178 valence electrons. The van der Waals surface area contributed by atoms with Gasteiger partial charge in [-0.15, -0.1) is 21.5 Å². The zero-order valence-electron chi connectivity index (χ0n) is 18.9. The van der Waals surface area contributed by atoms with Crippen molar-refractivity contribution in [2.24, 2.45) is 0 Å². The van der Waals surface area contributed by atoms with Crippen molar-refractivity contribution in [2.45, 2.75) is 18.1 Å². The third-order valence-electron chi connectivity index (χ3n) is 6.49. The second kappa shape index (κ2) is 9.25. The molecule has 8 nitrogen and oxygen atoms in total. The summed E-state index contributed by atoms with van der Waals surface area (Å²) >= 11 is 9.52. The highest BCUT2D eigenvalue weighted by Gasteiger charge is 2.26. The number of rotatable bonds is 5. The first-order chi connectivity index (χ1) is 16.6. The number of morpholine rings is 1. The first kappa shape index (κ1) is 22.5. The van der Waals surface area contributed by atoms with Crippen LogP contribution in [-0.4, -0.2) is 81.2 Å². The quantitative estimate of drug-likeness (QED) is 0.377. The van der Waals surface area contributed by atoms with Crippen molar-refractivity contribution < 1.29 is 4.74 Å². The molecule has 1 aromatic carbocycles. The first-order valence-corrected chi connectivity index (χ1v) is 13.6. The minimum absolute atomic E-state index is 0.0378. The molecule has 2 aliphatic rings. The summed E-state index contributed by atoms with van der Waals surface area (Å²) in [5, 5.41) is 11.3. The van der Waals surface area contributed by atoms with Gasteiger partial charge in [-0.2, -0.15) is 0 Å². The molecular weight excluding hydrogens is 492 g/mol. The fourth-order valence-electron chi connectivity index (χ4n) is 4.69. The topological polar surface area (TPSA) is 67.9 Å². The molecule has 0 aliphatic carbocycles. The van der Waals surface area contributed by atoms with Gasteiger partial charge in [-0.05, 0) is 43.3 Å². The Hall–Kier alpha value is -1.95. The number of hydrogen-bond donors (Lipinski definition) is 0. The maximum atomic E-state index is 13.9. The van der Waals surface area contributed by atoms with Gasteiger partial charge in [0.05, 0.1) is 24.3 Å². The minimum atomic E-state index is -0.0378. The van der Waals surface area contributed by atoms with Gasteiger partial charge in [0.15, 0.2) is 5.16 Å². The van der Waals surface area contributed by atoms with E-state index in [4.69, 9.17) is 16.3 Å². The lowest BCUT2D eigenvalue weighted by molar-refractivity contribution is 0.0410. The summed E-state index contributed by atoms with van der Waals surface area (Å²) in [7, 11) is 2.13. The van der Waals surface area contributed by atoms with E-state index < -0.39 is 0 Å². The fraction of sp³-hybridized carbons (Fsp3) is 0.435. The number of ether oxygens (including phenoxy) is 1. The lowest BCUT2D eigenvalue weighted by Crippen LogP contribution is -2.37. The standard InChI is InChI=1S/C23H25ClN6O2S2/c1-27-7-6-17-18(14-27)34-21-19(17)20(31)29(16-4-2-15(24)3-5-16)22-25-26-23(30(21)22)33-13-10-28-8-11-32-12-9-28/h2-5H,6-14H2,1H3. The Morgan fingerprint density at radius 1 is 1.15 bits per heavy atom. The van der Waals surface area contributed by atoms with Crippen LogP contribution in [0.4, 0.5) is 0 Å². The van der Waals surface area contributed by atoms with Crippen molar-refractivity contribution in [3.8, 4) is 5.69 Å². The third-order valence-corrected chi connectivity index (χ3v) is 8.86. The van der Waals surface area contributed by atoms with Gasteiger partial charge in [0.1, 0.15) is 4.83 Å². The van der Waals surface area contributed by atoms with E-state index >= 15 is 0 Å². The number of halogens is 1. The van der Waals surface area contributed by atoms with Crippen LogP contribution in [0.3, 0.4) is 0 Å². The molecule has 0 bridgehead atoms. The van der Waals surface area contributed by atoms with E-state index in [0.29, 0.717) is 10.8 Å². The van der Waals surface area contributed by atoms with Crippen LogP contribution in [0.25, 0.3) is 21.7 Å². The first-order valence-electron chi connectivity index (χ1n) is 11.4. The largest absolute Gasteiger partial charge is 0.379 e. The zero-order valence-corrected chi connectivity index (χ0v) is 21.3. The van der Waals surface area contributed by atoms with E-state index in [1.807, 2.05) is 12.1 Å². The van der Waals surface area contributed by atoms with E-state index in [1.54, 1.807) is 39.8 Å². The molecule has 1 fully saturated rings. The Kier molecular flexibility index (Phi) is 6.13. The predicted octanol–water partition coefficient (Wildman–Crippen LogP) is 3.16. The molecule has 0 unspecified atom stereocenters. The van der Waals surface area contributed by atoms with Crippen molar-refractivity contribution in [1.29, 1.82) is 0 Å². The summed E-state index contributed by atoms with van der Waals surface area (Å²) in [6, 6.07) is 7.33. The monoisotopic (exact) mass is 516 g/mol. The molecule has 34 heavy (non-hydrogen) atoms. The number of aromatic nitrogens is 4. The number of thioether (sulfide) groups is 1. The van der Waals surface area contributed by atoms with E-state index in [2.05, 4.69) is 31.4 Å². The fourth-order valence-corrected chi connectivity index (χ4v) is 7.22. The van der Waals surface area contributed by atoms with E-state index in [9.17, 15) is 4.79 Å². The molecule has 0 N–H and O–H groups in total. The molecule has 11 heteroatoms. The predicted molar refractivity (Wildman–Crippen MR) is 137 cm³/mol. The molecule has 0 atom stereocenters. The molecular formula is C23H25ClN6O2S2. The average Bonchev–Trinajstić information content (AvgIpc) is 3.42. The lowest BCUT2D eigenvalue weighted by atomic mass is 10.1. The molecule has 0 amide bonds. The highest BCUT2D eigenvalue weighted by molar-refractivity contribution is 7.99. The van der Waals surface area contributed by atoms with Gasteiger partial charge in [-0.25, -0.2) is 8.97 Å². The molecule has 4 aromatic rings. The van der Waals surface area contributed by atoms with Crippen molar-refractivity contribution in [3.05, 3.63) is 50.1 Å². The van der Waals surface area contributed by atoms with Crippen LogP contribution in [0, 0.1) is 0 Å². The number of fused-ring (bicyclic) bond motifs is 5. The van der Waals surface area contributed by atoms with Crippen LogP contribution < -0.4 is 5.56 Å². The number of thiophene rings is 1. The summed E-state index contributed by atoms with van der Waals surface area (Å²) in [5.74, 6) is 1.44. The van der Waals surface area contributed by atoms with Crippen molar-refractivity contribution in [1.82, 2.24) is 29.0 Å². The Morgan fingerprint density at radius 2 is 1.94 bits per heavy atom. The van der Waals surface area contributed by atoms with Gasteiger partial charge in [-0.1, -0.05) is 23.4 Å². The summed E-state index contributed by atoms with van der Waals surface area (Å²) < 4.78 is 9.23. The Bertz CT molecular complexity index is 1410. The van der Waals surface area contributed by atoms with Crippen molar-refractivity contribution in [2.75, 3.05) is 52.2 Å². The SMILES string of the molecule is CN1CCc2c(sc3c2c(=O)n(-c2ccc(Cl)cc2)c2nnc(SCCN4CCOCC4)n32)C1. The maximum Gasteiger partial charge on any atom is 0.268 e. The summed E-state index contributed by atoms with van der Waals surface area (Å²) in [5.41, 5.74) is 1.88. The molecule has 0 saturated carbocycles. The smallest absolute Gasteiger partial charge is 0.268 e. The Morgan fingerprint density at radius 3 is 2.74 bits per heavy atom. The molecule has 0 radical (unpaired) electrons. The second-order valence-corrected chi connectivity index (χ2v) is 11.3. The van der Waals surface area contributed by atoms with Crippen LogP contribution in [0.2, 0.25) is 5.02 Å². The normalized spacial score (nSPS) is 17.6. The maximum absolute atomic E-state index is 13.9. The van der Waals surface area contributed by atoms with Gasteiger partial charge in [0, 0.05) is 48.4 Å². The van der Waals surface area contributed by atoms with Crippen LogP contribution in [0.15, 0.2) is 34.2 Å². The highest BCUT2D eigenvalue weighted by atomic mass is 35.5. The molecule has 3 aromatic heterocycles. The van der Waals surface area contributed by atoms with Crippen LogP contribution in [0.5, 0.6) is 0 Å². The minimum Gasteiger partial charge on any atom is -0.379 e. The van der Waals surface area contributed by atoms with Gasteiger partial charge in [0.25, 0.3) is 5.56 Å². The van der Waals surface area contributed by atoms with Crippen LogP contribution in [-0.2, 0) is 17.7 Å². The Labute approximate surface area is 210 Å². The number of benzene rings is 1. The zero-order chi connectivity index (χ0) is 23.2. The van der Waals surface area contributed by atoms with Gasteiger partial charge in [-0.3, -0.25) is 9.69 Å². The van der Waals surface area contributed by atoms with E-state index in [-0.39, 0.29) is 5.56 Å². The van der Waals surface area contributed by atoms with E-state index in [0.717, 1.165) is 79.2 Å². The lowest BCUT2D eigenvalue weighted by Gasteiger charge is -2.26. The molecule has 5 heterocycles. The second-order valence-electron chi connectivity index (χ2n) is 8.71. The van der Waals surface area contributed by atoms with Gasteiger partial charge < -0.3 is 9.64 Å². The molecule has 1 saturated heterocycles. The van der Waals surface area contributed by atoms with Gasteiger partial charge in [0.2, 0.25) is 5.78 Å². The number of nitrogens with zero attached hydrogens (tertiary/aromatic N) is 6. The van der Waals surface area contributed by atoms with Crippen LogP contribution in [0.1, 0.15) is 10.4 Å². The Balaban J connectivity index is 1.49. The van der Waals surface area contributed by atoms with Crippen molar-refractivity contribution in [3.63, 3.8) is 0 Å². The van der Waals surface area contributed by atoms with Gasteiger partial charge >= 0.3 is 0 Å². The number of likely N-dealkylation sites (N-methyl/N-ethyl adjacent to an activating group) is 1. The summed E-state index contributed by atoms with van der Waals surface area (Å²) in [6.07, 6.45) is 0.870. The molecule has 0 spiro atoms. The highest BCUT2D eigenvalue weighted by Crippen LogP contribution is 2.35. The van der Waals surface area contributed by atoms with Crippen molar-refractivity contribution >= 4 is 50.7 Å². The van der Waals surface area contributed by atoms with Crippen LogP contribution >= 0.6 is 34.7 Å². The molecule has 6 rings (SSSR count). The van der Waals surface area contributed by atoms with E-state index in [1.165, 1.54) is 10.4 Å². The average molecular weight is 517 g/mol. The number of hydrogen-bond acceptors (Lipinski definition) is 8. The third kappa shape index (κ3) is 3.96.